The number of guanidine groups is 1. The van der Waals surface area contributed by atoms with Crippen LogP contribution in [0.3, 0.4) is 0 Å². The lowest BCUT2D eigenvalue weighted by molar-refractivity contribution is 0.114. The molecule has 0 aromatic carbocycles. The first kappa shape index (κ1) is 22.5. The highest BCUT2D eigenvalue weighted by Crippen LogP contribution is 2.28. The maximum Gasteiger partial charge on any atom is 0.193 e. The Balaban J connectivity index is 0.00000261. The van der Waals surface area contributed by atoms with Crippen LogP contribution in [0.4, 0.5) is 0 Å². The van der Waals surface area contributed by atoms with Crippen molar-refractivity contribution in [2.45, 2.75) is 38.1 Å². The van der Waals surface area contributed by atoms with Gasteiger partial charge in [0.2, 0.25) is 0 Å². The van der Waals surface area contributed by atoms with Crippen molar-refractivity contribution in [2.24, 2.45) is 10.9 Å². The number of hydrogen-bond donors (Lipinski definition) is 1. The van der Waals surface area contributed by atoms with Crippen molar-refractivity contribution in [3.8, 4) is 0 Å². The largest absolute Gasteiger partial charge is 0.468 e. The third kappa shape index (κ3) is 7.27. The van der Waals surface area contributed by atoms with Crippen LogP contribution in [0.1, 0.15) is 43.9 Å². The lowest BCUT2D eigenvalue weighted by Crippen LogP contribution is -2.45. The molecule has 7 heteroatoms. The van der Waals surface area contributed by atoms with E-state index >= 15 is 0 Å². The van der Waals surface area contributed by atoms with Crippen LogP contribution in [0, 0.1) is 5.92 Å². The Hall–Kier alpha value is -0.800. The molecule has 1 saturated heterocycles. The summed E-state index contributed by atoms with van der Waals surface area (Å²) < 4.78 is 11.5. The van der Waals surface area contributed by atoms with Gasteiger partial charge in [-0.3, -0.25) is 9.89 Å². The second kappa shape index (κ2) is 11.9. The molecule has 1 saturated carbocycles. The molecule has 0 bridgehead atoms. The Morgan fingerprint density at radius 3 is 2.78 bits per heavy atom. The molecule has 2 fully saturated rings. The van der Waals surface area contributed by atoms with Gasteiger partial charge in [-0.2, -0.15) is 0 Å². The van der Waals surface area contributed by atoms with Gasteiger partial charge in [0.15, 0.2) is 5.96 Å². The van der Waals surface area contributed by atoms with Crippen molar-refractivity contribution >= 4 is 29.9 Å². The van der Waals surface area contributed by atoms with Crippen LogP contribution >= 0.6 is 24.0 Å². The molecule has 0 spiro atoms. The van der Waals surface area contributed by atoms with E-state index in [1.165, 1.54) is 32.1 Å². The summed E-state index contributed by atoms with van der Waals surface area (Å²) in [6.45, 7) is 5.58. The maximum absolute atomic E-state index is 5.75. The molecule has 1 aromatic heterocycles. The van der Waals surface area contributed by atoms with Gasteiger partial charge in [-0.15, -0.1) is 24.0 Å². The number of ether oxygens (including phenoxy) is 1. The molecular formula is C20H35IN4O2. The summed E-state index contributed by atoms with van der Waals surface area (Å²) in [5, 5.41) is 3.54. The summed E-state index contributed by atoms with van der Waals surface area (Å²) in [5.41, 5.74) is 0. The zero-order valence-corrected chi connectivity index (χ0v) is 19.1. The molecule has 2 heterocycles. The molecule has 2 aliphatic rings. The summed E-state index contributed by atoms with van der Waals surface area (Å²) in [6, 6.07) is 4.31. The summed E-state index contributed by atoms with van der Waals surface area (Å²) in [6.07, 6.45) is 8.31. The third-order valence-electron chi connectivity index (χ3n) is 5.35. The molecule has 6 nitrogen and oxygen atoms in total. The van der Waals surface area contributed by atoms with Crippen molar-refractivity contribution in [1.29, 1.82) is 0 Å². The van der Waals surface area contributed by atoms with Crippen LogP contribution in [0.15, 0.2) is 27.8 Å². The average Bonchev–Trinajstić information content (AvgIpc) is 3.35. The minimum Gasteiger partial charge on any atom is -0.468 e. The predicted molar refractivity (Wildman–Crippen MR) is 120 cm³/mol. The number of hydrogen-bond acceptors (Lipinski definition) is 4. The van der Waals surface area contributed by atoms with E-state index in [9.17, 15) is 0 Å². The number of nitrogens with zero attached hydrogens (tertiary/aromatic N) is 3. The van der Waals surface area contributed by atoms with E-state index in [4.69, 9.17) is 9.15 Å². The summed E-state index contributed by atoms with van der Waals surface area (Å²) >= 11 is 0. The van der Waals surface area contributed by atoms with Gasteiger partial charge in [-0.1, -0.05) is 6.42 Å². The number of furan rings is 1. The average molecular weight is 490 g/mol. The fraction of sp³-hybridized carbons (Fsp3) is 0.750. The van der Waals surface area contributed by atoms with E-state index in [1.807, 2.05) is 13.1 Å². The highest BCUT2D eigenvalue weighted by atomic mass is 127. The first-order valence-corrected chi connectivity index (χ1v) is 10.0. The Bertz CT molecular complexity index is 542. The van der Waals surface area contributed by atoms with Crippen molar-refractivity contribution in [1.82, 2.24) is 15.1 Å². The second-order valence-electron chi connectivity index (χ2n) is 7.50. The normalized spacial score (nSPS) is 19.4. The minimum absolute atomic E-state index is 0. The van der Waals surface area contributed by atoms with Gasteiger partial charge in [0.1, 0.15) is 5.76 Å². The topological polar surface area (TPSA) is 53.2 Å². The van der Waals surface area contributed by atoms with E-state index in [2.05, 4.69) is 33.2 Å². The van der Waals surface area contributed by atoms with Gasteiger partial charge in [0.25, 0.3) is 0 Å². The number of likely N-dealkylation sites (N-methyl/N-ethyl adjacent to an activating group) is 1. The zero-order chi connectivity index (χ0) is 18.2. The summed E-state index contributed by atoms with van der Waals surface area (Å²) in [7, 11) is 3.91. The van der Waals surface area contributed by atoms with Gasteiger partial charge in [0.05, 0.1) is 18.9 Å². The number of halogens is 1. The molecule has 1 aromatic rings. The standard InChI is InChI=1S/C20H34N4O2.HI/c1-21-20(23(2)12-14-25-16-17-8-9-17)22-15-18(19-7-6-13-26-19)24-10-4-3-5-11-24;/h6-7,13,17-18H,3-5,8-12,14-16H2,1-2H3,(H,21,22);1H. The molecule has 1 aliphatic heterocycles. The number of rotatable bonds is 9. The molecule has 1 atom stereocenters. The van der Waals surface area contributed by atoms with E-state index in [-0.39, 0.29) is 30.0 Å². The van der Waals surface area contributed by atoms with Gasteiger partial charge in [0, 0.05) is 33.8 Å². The van der Waals surface area contributed by atoms with Crippen molar-refractivity contribution < 1.29 is 9.15 Å². The number of piperidine rings is 1. The van der Waals surface area contributed by atoms with Gasteiger partial charge >= 0.3 is 0 Å². The lowest BCUT2D eigenvalue weighted by Gasteiger charge is -2.34. The Morgan fingerprint density at radius 1 is 1.37 bits per heavy atom. The summed E-state index contributed by atoms with van der Waals surface area (Å²) in [5.74, 6) is 2.76. The fourth-order valence-electron chi connectivity index (χ4n) is 3.54. The molecule has 1 aliphatic carbocycles. The monoisotopic (exact) mass is 490 g/mol. The SMILES string of the molecule is CN=C(NCC(c1ccco1)N1CCCCC1)N(C)CCOCC1CC1.I. The number of aliphatic imine (C=N–C) groups is 1. The highest BCUT2D eigenvalue weighted by Gasteiger charge is 2.25. The van der Waals surface area contributed by atoms with Crippen LogP contribution in [-0.4, -0.2) is 69.2 Å². The minimum atomic E-state index is 0. The van der Waals surface area contributed by atoms with Crippen molar-refractivity contribution in [3.05, 3.63) is 24.2 Å². The van der Waals surface area contributed by atoms with E-state index in [0.29, 0.717) is 0 Å². The zero-order valence-electron chi connectivity index (χ0n) is 16.7. The van der Waals surface area contributed by atoms with Crippen molar-refractivity contribution in [2.75, 3.05) is 53.5 Å². The molecular weight excluding hydrogens is 455 g/mol. The molecule has 0 radical (unpaired) electrons. The highest BCUT2D eigenvalue weighted by molar-refractivity contribution is 14.0. The maximum atomic E-state index is 5.75. The molecule has 27 heavy (non-hydrogen) atoms. The smallest absolute Gasteiger partial charge is 0.193 e. The first-order valence-electron chi connectivity index (χ1n) is 10.0. The Morgan fingerprint density at radius 2 is 2.15 bits per heavy atom. The van der Waals surface area contributed by atoms with Gasteiger partial charge < -0.3 is 19.4 Å². The predicted octanol–water partition coefficient (Wildman–Crippen LogP) is 3.36. The van der Waals surface area contributed by atoms with E-state index in [1.54, 1.807) is 6.26 Å². The molecule has 1 N–H and O–H groups in total. The lowest BCUT2D eigenvalue weighted by atomic mass is 10.1. The fourth-order valence-corrected chi connectivity index (χ4v) is 3.54. The first-order chi connectivity index (χ1) is 12.8. The van der Waals surface area contributed by atoms with Gasteiger partial charge in [-0.25, -0.2) is 0 Å². The van der Waals surface area contributed by atoms with Crippen LogP contribution in [0.5, 0.6) is 0 Å². The Kier molecular flexibility index (Phi) is 9.92. The molecule has 154 valence electrons. The third-order valence-corrected chi connectivity index (χ3v) is 5.35. The number of nitrogens with one attached hydrogen (secondary N) is 1. The van der Waals surface area contributed by atoms with Crippen LogP contribution in [-0.2, 0) is 4.74 Å². The second-order valence-corrected chi connectivity index (χ2v) is 7.50. The van der Waals surface area contributed by atoms with Crippen molar-refractivity contribution in [3.63, 3.8) is 0 Å². The van der Waals surface area contributed by atoms with Gasteiger partial charge in [-0.05, 0) is 56.8 Å². The molecule has 0 amide bonds. The Labute approximate surface area is 180 Å². The van der Waals surface area contributed by atoms with Crippen LogP contribution in [0.2, 0.25) is 0 Å². The van der Waals surface area contributed by atoms with Crippen LogP contribution in [0.25, 0.3) is 0 Å². The molecule has 3 rings (SSSR count). The number of likely N-dealkylation sites (tertiary alicyclic amines) is 1. The van der Waals surface area contributed by atoms with Crippen LogP contribution < -0.4 is 5.32 Å². The van der Waals surface area contributed by atoms with E-state index in [0.717, 1.165) is 57.0 Å². The van der Waals surface area contributed by atoms with E-state index < -0.39 is 0 Å². The quantitative estimate of drug-likeness (QED) is 0.249. The summed E-state index contributed by atoms with van der Waals surface area (Å²) in [4.78, 5) is 9.11. The molecule has 1 unspecified atom stereocenters.